The van der Waals surface area contributed by atoms with E-state index in [9.17, 15) is 4.39 Å². The second-order valence-electron chi connectivity index (χ2n) is 5.30. The summed E-state index contributed by atoms with van der Waals surface area (Å²) in [5, 5.41) is 4.11. The predicted molar refractivity (Wildman–Crippen MR) is 85.1 cm³/mol. The van der Waals surface area contributed by atoms with E-state index in [1.807, 2.05) is 31.3 Å². The third-order valence-electron chi connectivity index (χ3n) is 3.92. The van der Waals surface area contributed by atoms with Crippen molar-refractivity contribution in [3.63, 3.8) is 0 Å². The second-order valence-corrected chi connectivity index (χ2v) is 5.30. The molecule has 2 N–H and O–H groups in total. The summed E-state index contributed by atoms with van der Waals surface area (Å²) in [7, 11) is 1.94. The van der Waals surface area contributed by atoms with Crippen LogP contribution in [0.3, 0.4) is 0 Å². The number of H-pyrrole nitrogens is 1. The number of rotatable bonds is 5. The summed E-state index contributed by atoms with van der Waals surface area (Å²) < 4.78 is 14.2. The van der Waals surface area contributed by atoms with E-state index < -0.39 is 0 Å². The maximum atomic E-state index is 14.2. The highest BCUT2D eigenvalue weighted by Gasteiger charge is 2.16. The summed E-state index contributed by atoms with van der Waals surface area (Å²) >= 11 is 0. The van der Waals surface area contributed by atoms with E-state index in [-0.39, 0.29) is 11.7 Å². The molecule has 21 heavy (non-hydrogen) atoms. The first kappa shape index (κ1) is 13.8. The van der Waals surface area contributed by atoms with E-state index >= 15 is 0 Å². The summed E-state index contributed by atoms with van der Waals surface area (Å²) in [4.78, 5) is 2.95. The number of aromatic nitrogens is 1. The van der Waals surface area contributed by atoms with Crippen LogP contribution in [0, 0.1) is 5.82 Å². The van der Waals surface area contributed by atoms with Crippen LogP contribution in [0.5, 0.6) is 0 Å². The highest BCUT2D eigenvalue weighted by molar-refractivity contribution is 5.81. The summed E-state index contributed by atoms with van der Waals surface area (Å²) in [5.74, 6) is 0.0188. The van der Waals surface area contributed by atoms with Gasteiger partial charge in [0.25, 0.3) is 0 Å². The topological polar surface area (TPSA) is 27.8 Å². The average Bonchev–Trinajstić information content (AvgIpc) is 2.98. The molecule has 108 valence electrons. The molecule has 2 nitrogen and oxygen atoms in total. The molecule has 0 spiro atoms. The van der Waals surface area contributed by atoms with Crippen molar-refractivity contribution in [3.8, 4) is 0 Å². The molecule has 0 fully saturated rings. The van der Waals surface area contributed by atoms with Gasteiger partial charge in [-0.2, -0.15) is 0 Å². The van der Waals surface area contributed by atoms with E-state index in [4.69, 9.17) is 0 Å². The maximum Gasteiger partial charge on any atom is 0.147 e. The highest BCUT2D eigenvalue weighted by Crippen LogP contribution is 2.31. The first-order valence-corrected chi connectivity index (χ1v) is 7.25. The molecule has 2 aromatic carbocycles. The zero-order valence-corrected chi connectivity index (χ0v) is 12.1. The molecule has 1 unspecified atom stereocenters. The summed E-state index contributed by atoms with van der Waals surface area (Å²) in [6, 6.07) is 16.0. The quantitative estimate of drug-likeness (QED) is 0.726. The van der Waals surface area contributed by atoms with Gasteiger partial charge in [-0.15, -0.1) is 0 Å². The van der Waals surface area contributed by atoms with E-state index in [2.05, 4.69) is 28.5 Å². The minimum atomic E-state index is -0.183. The van der Waals surface area contributed by atoms with Crippen LogP contribution in [-0.4, -0.2) is 18.6 Å². The lowest BCUT2D eigenvalue weighted by atomic mass is 9.88. The van der Waals surface area contributed by atoms with Crippen LogP contribution in [0.4, 0.5) is 4.39 Å². The molecular weight excluding hydrogens is 263 g/mol. The average molecular weight is 282 g/mol. The second kappa shape index (κ2) is 6.10. The molecule has 3 aromatic rings. The van der Waals surface area contributed by atoms with E-state index in [0.29, 0.717) is 5.52 Å². The molecule has 0 bridgehead atoms. The summed E-state index contributed by atoms with van der Waals surface area (Å²) in [5.41, 5.74) is 2.84. The van der Waals surface area contributed by atoms with Gasteiger partial charge in [0.1, 0.15) is 5.82 Å². The van der Waals surface area contributed by atoms with Crippen molar-refractivity contribution >= 4 is 10.9 Å². The lowest BCUT2D eigenvalue weighted by Crippen LogP contribution is -2.13. The number of fused-ring (bicyclic) bond motifs is 1. The van der Waals surface area contributed by atoms with Gasteiger partial charge in [0.15, 0.2) is 0 Å². The van der Waals surface area contributed by atoms with Gasteiger partial charge in [-0.25, -0.2) is 4.39 Å². The van der Waals surface area contributed by atoms with Crippen LogP contribution in [0.2, 0.25) is 0 Å². The molecule has 0 saturated heterocycles. The fraction of sp³-hybridized carbons (Fsp3) is 0.222. The monoisotopic (exact) mass is 282 g/mol. The fourth-order valence-corrected chi connectivity index (χ4v) is 2.85. The lowest BCUT2D eigenvalue weighted by Gasteiger charge is -2.18. The predicted octanol–water partition coefficient (Wildman–Crippen LogP) is 4.05. The third kappa shape index (κ3) is 2.83. The maximum absolute atomic E-state index is 14.2. The highest BCUT2D eigenvalue weighted by atomic mass is 19.1. The molecule has 1 atom stereocenters. The zero-order valence-electron chi connectivity index (χ0n) is 12.1. The zero-order chi connectivity index (χ0) is 14.7. The minimum absolute atomic E-state index is 0.183. The third-order valence-corrected chi connectivity index (χ3v) is 3.92. The first-order valence-electron chi connectivity index (χ1n) is 7.25. The van der Waals surface area contributed by atoms with Gasteiger partial charge < -0.3 is 10.3 Å². The summed E-state index contributed by atoms with van der Waals surface area (Å²) in [6.07, 6.45) is 2.72. The molecule has 0 aliphatic carbocycles. The molecule has 1 heterocycles. The SMILES string of the molecule is CNCCC(c1ccccc1)c1cc(F)c2[nH]ccc2c1. The smallest absolute Gasteiger partial charge is 0.147 e. The van der Waals surface area contributed by atoms with Crippen molar-refractivity contribution in [3.05, 3.63) is 71.7 Å². The lowest BCUT2D eigenvalue weighted by molar-refractivity contribution is 0.624. The van der Waals surface area contributed by atoms with Gasteiger partial charge in [-0.3, -0.25) is 0 Å². The van der Waals surface area contributed by atoms with Crippen LogP contribution in [0.1, 0.15) is 23.5 Å². The molecule has 0 aliphatic rings. The minimum Gasteiger partial charge on any atom is -0.359 e. The van der Waals surface area contributed by atoms with Crippen LogP contribution in [0.15, 0.2) is 54.7 Å². The van der Waals surface area contributed by atoms with Crippen molar-refractivity contribution in [2.45, 2.75) is 12.3 Å². The van der Waals surface area contributed by atoms with E-state index in [1.165, 1.54) is 5.56 Å². The Balaban J connectivity index is 2.05. The van der Waals surface area contributed by atoms with E-state index in [1.54, 1.807) is 12.3 Å². The molecular formula is C18H19FN2. The Kier molecular flexibility index (Phi) is 4.02. The van der Waals surface area contributed by atoms with Gasteiger partial charge in [0, 0.05) is 17.5 Å². The van der Waals surface area contributed by atoms with E-state index in [0.717, 1.165) is 23.9 Å². The molecule has 0 aliphatic heterocycles. The van der Waals surface area contributed by atoms with Crippen molar-refractivity contribution in [2.75, 3.05) is 13.6 Å². The number of halogens is 1. The first-order chi connectivity index (χ1) is 10.3. The number of hydrogen-bond donors (Lipinski definition) is 2. The Hall–Kier alpha value is -2.13. The van der Waals surface area contributed by atoms with Crippen molar-refractivity contribution in [1.82, 2.24) is 10.3 Å². The molecule has 3 heteroatoms. The van der Waals surface area contributed by atoms with Gasteiger partial charge >= 0.3 is 0 Å². The molecule has 0 saturated carbocycles. The number of aromatic amines is 1. The largest absolute Gasteiger partial charge is 0.359 e. The van der Waals surface area contributed by atoms with Crippen LogP contribution in [0.25, 0.3) is 10.9 Å². The summed E-state index contributed by atoms with van der Waals surface area (Å²) in [6.45, 7) is 0.895. The molecule has 0 radical (unpaired) electrons. The Morgan fingerprint density at radius 3 is 2.67 bits per heavy atom. The number of hydrogen-bond acceptors (Lipinski definition) is 1. The van der Waals surface area contributed by atoms with Crippen LogP contribution < -0.4 is 5.32 Å². The van der Waals surface area contributed by atoms with Gasteiger partial charge in [-0.1, -0.05) is 30.3 Å². The normalized spacial score (nSPS) is 12.7. The number of benzene rings is 2. The van der Waals surface area contributed by atoms with Gasteiger partial charge in [-0.05, 0) is 49.3 Å². The van der Waals surface area contributed by atoms with Crippen LogP contribution in [-0.2, 0) is 0 Å². The molecule has 3 rings (SSSR count). The molecule has 1 aromatic heterocycles. The standard InChI is InChI=1S/C18H19FN2/c1-20-9-8-16(13-5-3-2-4-6-13)15-11-14-7-10-21-18(14)17(19)12-15/h2-7,10-12,16,20-21H,8-9H2,1H3. The Bertz CT molecular complexity index is 718. The van der Waals surface area contributed by atoms with Crippen molar-refractivity contribution in [1.29, 1.82) is 0 Å². The van der Waals surface area contributed by atoms with Crippen molar-refractivity contribution < 1.29 is 4.39 Å². The Labute approximate surface area is 124 Å². The number of nitrogens with one attached hydrogen (secondary N) is 2. The van der Waals surface area contributed by atoms with Gasteiger partial charge in [0.05, 0.1) is 5.52 Å². The Morgan fingerprint density at radius 2 is 1.90 bits per heavy atom. The Morgan fingerprint density at radius 1 is 1.10 bits per heavy atom. The molecule has 0 amide bonds. The van der Waals surface area contributed by atoms with Crippen molar-refractivity contribution in [2.24, 2.45) is 0 Å². The fourth-order valence-electron chi connectivity index (χ4n) is 2.85. The van der Waals surface area contributed by atoms with Crippen LogP contribution >= 0.6 is 0 Å². The van der Waals surface area contributed by atoms with Gasteiger partial charge in [0.2, 0.25) is 0 Å².